The van der Waals surface area contributed by atoms with Gasteiger partial charge in [-0.1, -0.05) is 30.1 Å². The number of aromatic nitrogens is 4. The number of pyridine rings is 2. The molecule has 0 fully saturated rings. The van der Waals surface area contributed by atoms with Gasteiger partial charge in [-0.05, 0) is 42.3 Å². The van der Waals surface area contributed by atoms with E-state index in [1.54, 1.807) is 24.0 Å². The van der Waals surface area contributed by atoms with E-state index in [0.29, 0.717) is 21.7 Å². The van der Waals surface area contributed by atoms with Gasteiger partial charge in [0.15, 0.2) is 0 Å². The molecule has 0 spiro atoms. The van der Waals surface area contributed by atoms with E-state index >= 15 is 0 Å². The fourth-order valence-electron chi connectivity index (χ4n) is 4.50. The molecular formula is C24H19Cl2FN4O. The van der Waals surface area contributed by atoms with Crippen LogP contribution in [-0.4, -0.2) is 19.5 Å². The van der Waals surface area contributed by atoms with Crippen molar-refractivity contribution in [2.45, 2.75) is 19.8 Å². The van der Waals surface area contributed by atoms with Crippen molar-refractivity contribution < 1.29 is 4.39 Å². The van der Waals surface area contributed by atoms with Crippen LogP contribution in [-0.2, 0) is 7.05 Å². The second kappa shape index (κ2) is 7.50. The Labute approximate surface area is 192 Å². The van der Waals surface area contributed by atoms with E-state index in [2.05, 4.69) is 15.0 Å². The molecule has 0 saturated carbocycles. The number of nitrogens with one attached hydrogen (secondary N) is 2. The highest BCUT2D eigenvalue weighted by molar-refractivity contribution is 6.36. The summed E-state index contributed by atoms with van der Waals surface area (Å²) in [5, 5.41) is 2.15. The molecule has 0 amide bonds. The number of hydrogen-bond acceptors (Lipinski definition) is 2. The van der Waals surface area contributed by atoms with Crippen molar-refractivity contribution in [3.05, 3.63) is 85.9 Å². The molecule has 4 heterocycles. The summed E-state index contributed by atoms with van der Waals surface area (Å²) in [7, 11) is 1.72. The van der Waals surface area contributed by atoms with Gasteiger partial charge in [0.1, 0.15) is 17.0 Å². The molecule has 0 bridgehead atoms. The van der Waals surface area contributed by atoms with Gasteiger partial charge < -0.3 is 14.5 Å². The van der Waals surface area contributed by atoms with Gasteiger partial charge >= 0.3 is 0 Å². The molecule has 0 aliphatic heterocycles. The number of fused-ring (bicyclic) bond motifs is 2. The van der Waals surface area contributed by atoms with Crippen LogP contribution in [0.5, 0.6) is 0 Å². The number of nitrogens with zero attached hydrogens (tertiary/aromatic N) is 2. The number of halogens is 3. The first-order valence-electron chi connectivity index (χ1n) is 10.1. The lowest BCUT2D eigenvalue weighted by Crippen LogP contribution is -2.16. The average molecular weight is 469 g/mol. The predicted molar refractivity (Wildman–Crippen MR) is 127 cm³/mol. The summed E-state index contributed by atoms with van der Waals surface area (Å²) < 4.78 is 15.8. The normalized spacial score (nSPS) is 12.7. The SMILES string of the molecule is Cc1[nH]c2ncc(-c3cn(C)c(=O)c4[nH]ccc34)cc2c1C(C)c1c(Cl)ccc(F)c1Cl. The van der Waals surface area contributed by atoms with Crippen LogP contribution in [0.15, 0.2) is 47.7 Å². The Morgan fingerprint density at radius 3 is 2.72 bits per heavy atom. The third-order valence-electron chi connectivity index (χ3n) is 6.04. The number of aryl methyl sites for hydroxylation is 2. The quantitative estimate of drug-likeness (QED) is 0.304. The van der Waals surface area contributed by atoms with E-state index in [0.717, 1.165) is 33.2 Å². The van der Waals surface area contributed by atoms with Crippen LogP contribution >= 0.6 is 23.2 Å². The molecule has 5 aromatic rings. The van der Waals surface area contributed by atoms with E-state index in [1.165, 1.54) is 12.1 Å². The minimum absolute atomic E-state index is 0.0231. The van der Waals surface area contributed by atoms with Crippen LogP contribution in [0.1, 0.15) is 29.7 Å². The van der Waals surface area contributed by atoms with Crippen LogP contribution < -0.4 is 5.56 Å². The standard InChI is InChI=1S/C24H19Cl2FN4O/c1-11(20-17(25)4-5-18(27)21(20)26)19-12(2)30-23-15(19)8-13(9-29-23)16-10-31(3)24(32)22-14(16)6-7-28-22/h4-11,28H,1-3H3,(H,29,30). The van der Waals surface area contributed by atoms with Gasteiger partial charge in [0, 0.05) is 64.2 Å². The van der Waals surface area contributed by atoms with E-state index in [1.807, 2.05) is 32.2 Å². The Bertz CT molecular complexity index is 1580. The van der Waals surface area contributed by atoms with Crippen molar-refractivity contribution in [2.75, 3.05) is 0 Å². The molecule has 0 radical (unpaired) electrons. The van der Waals surface area contributed by atoms with Gasteiger partial charge in [-0.3, -0.25) is 4.79 Å². The van der Waals surface area contributed by atoms with Crippen molar-refractivity contribution >= 4 is 45.1 Å². The molecular weight excluding hydrogens is 450 g/mol. The Hall–Kier alpha value is -3.09. The number of benzene rings is 1. The van der Waals surface area contributed by atoms with E-state index < -0.39 is 5.82 Å². The van der Waals surface area contributed by atoms with E-state index in [4.69, 9.17) is 23.2 Å². The lowest BCUT2D eigenvalue weighted by molar-refractivity contribution is 0.625. The maximum atomic E-state index is 14.2. The Morgan fingerprint density at radius 2 is 1.94 bits per heavy atom. The first-order valence-corrected chi connectivity index (χ1v) is 10.8. The van der Waals surface area contributed by atoms with Crippen molar-refractivity contribution in [1.82, 2.24) is 19.5 Å². The molecule has 8 heteroatoms. The molecule has 2 N–H and O–H groups in total. The molecule has 1 aromatic carbocycles. The van der Waals surface area contributed by atoms with E-state index in [9.17, 15) is 9.18 Å². The number of hydrogen-bond donors (Lipinski definition) is 2. The summed E-state index contributed by atoms with van der Waals surface area (Å²) in [6.45, 7) is 3.90. The second-order valence-electron chi connectivity index (χ2n) is 7.99. The maximum Gasteiger partial charge on any atom is 0.274 e. The van der Waals surface area contributed by atoms with E-state index in [-0.39, 0.29) is 16.5 Å². The zero-order chi connectivity index (χ0) is 22.7. The molecule has 1 atom stereocenters. The third-order valence-corrected chi connectivity index (χ3v) is 6.75. The number of H-pyrrole nitrogens is 2. The van der Waals surface area contributed by atoms with Crippen molar-refractivity contribution in [1.29, 1.82) is 0 Å². The largest absolute Gasteiger partial charge is 0.357 e. The fraction of sp³-hybridized carbons (Fsp3) is 0.167. The summed E-state index contributed by atoms with van der Waals surface area (Å²) in [5.74, 6) is -0.779. The minimum Gasteiger partial charge on any atom is -0.357 e. The average Bonchev–Trinajstić information content (AvgIpc) is 3.37. The smallest absolute Gasteiger partial charge is 0.274 e. The monoisotopic (exact) mass is 468 g/mol. The van der Waals surface area contributed by atoms with Gasteiger partial charge in [-0.15, -0.1) is 0 Å². The molecule has 162 valence electrons. The molecule has 0 aliphatic rings. The van der Waals surface area contributed by atoms with Gasteiger partial charge in [-0.2, -0.15) is 0 Å². The van der Waals surface area contributed by atoms with Crippen molar-refractivity contribution in [3.63, 3.8) is 0 Å². The lowest BCUT2D eigenvalue weighted by atomic mass is 9.90. The highest BCUT2D eigenvalue weighted by Gasteiger charge is 2.24. The van der Waals surface area contributed by atoms with Gasteiger partial charge in [-0.25, -0.2) is 9.37 Å². The second-order valence-corrected chi connectivity index (χ2v) is 8.77. The minimum atomic E-state index is -0.505. The predicted octanol–water partition coefficient (Wildman–Crippen LogP) is 6.32. The zero-order valence-electron chi connectivity index (χ0n) is 17.6. The summed E-state index contributed by atoms with van der Waals surface area (Å²) in [6.07, 6.45) is 5.34. The first kappa shape index (κ1) is 20.8. The molecule has 32 heavy (non-hydrogen) atoms. The van der Waals surface area contributed by atoms with Crippen LogP contribution in [0.2, 0.25) is 10.0 Å². The van der Waals surface area contributed by atoms with Crippen LogP contribution in [0, 0.1) is 12.7 Å². The molecule has 5 rings (SSSR count). The maximum absolute atomic E-state index is 14.2. The first-order chi connectivity index (χ1) is 15.3. The number of aromatic amines is 2. The molecule has 4 aromatic heterocycles. The van der Waals surface area contributed by atoms with Crippen molar-refractivity contribution in [2.24, 2.45) is 7.05 Å². The zero-order valence-corrected chi connectivity index (χ0v) is 19.1. The Morgan fingerprint density at radius 1 is 1.16 bits per heavy atom. The van der Waals surface area contributed by atoms with Gasteiger partial charge in [0.05, 0.1) is 5.02 Å². The summed E-state index contributed by atoms with van der Waals surface area (Å²) in [6, 6.07) is 6.71. The summed E-state index contributed by atoms with van der Waals surface area (Å²) >= 11 is 12.7. The number of rotatable bonds is 3. The molecule has 5 nitrogen and oxygen atoms in total. The Balaban J connectivity index is 1.75. The molecule has 0 aliphatic carbocycles. The highest BCUT2D eigenvalue weighted by Crippen LogP contribution is 2.41. The Kier molecular flexibility index (Phi) is 4.87. The van der Waals surface area contributed by atoms with Crippen molar-refractivity contribution in [3.8, 4) is 11.1 Å². The fourth-order valence-corrected chi connectivity index (χ4v) is 5.20. The van der Waals surface area contributed by atoms with Crippen LogP contribution in [0.25, 0.3) is 33.1 Å². The topological polar surface area (TPSA) is 66.5 Å². The van der Waals surface area contributed by atoms with Gasteiger partial charge in [0.2, 0.25) is 0 Å². The molecule has 1 unspecified atom stereocenters. The third kappa shape index (κ3) is 3.05. The van der Waals surface area contributed by atoms with Crippen LogP contribution in [0.4, 0.5) is 4.39 Å². The van der Waals surface area contributed by atoms with Crippen LogP contribution in [0.3, 0.4) is 0 Å². The highest BCUT2D eigenvalue weighted by atomic mass is 35.5. The lowest BCUT2D eigenvalue weighted by Gasteiger charge is -2.17. The summed E-state index contributed by atoms with van der Waals surface area (Å²) in [5.41, 5.74) is 5.30. The summed E-state index contributed by atoms with van der Waals surface area (Å²) in [4.78, 5) is 23.4. The molecule has 0 saturated heterocycles. The van der Waals surface area contributed by atoms with Gasteiger partial charge in [0.25, 0.3) is 5.56 Å².